The van der Waals surface area contributed by atoms with Gasteiger partial charge in [0.2, 0.25) is 0 Å². The predicted molar refractivity (Wildman–Crippen MR) is 121 cm³/mol. The van der Waals surface area contributed by atoms with Crippen molar-refractivity contribution in [1.29, 1.82) is 0 Å². The Hall–Kier alpha value is -3.66. The van der Waals surface area contributed by atoms with E-state index < -0.39 is 0 Å². The minimum absolute atomic E-state index is 0.775. The second kappa shape index (κ2) is 7.30. The molecular weight excluding hydrogens is 370 g/mol. The molecule has 5 rings (SSSR count). The van der Waals surface area contributed by atoms with Gasteiger partial charge in [-0.05, 0) is 37.6 Å². The van der Waals surface area contributed by atoms with Crippen molar-refractivity contribution in [3.05, 3.63) is 89.6 Å². The maximum atomic E-state index is 5.49. The minimum atomic E-state index is 0.775. The van der Waals surface area contributed by atoms with E-state index in [1.54, 1.807) is 7.11 Å². The van der Waals surface area contributed by atoms with E-state index in [1.165, 1.54) is 16.7 Å². The van der Waals surface area contributed by atoms with Crippen molar-refractivity contribution in [2.24, 2.45) is 0 Å². The Morgan fingerprint density at radius 1 is 0.800 bits per heavy atom. The summed E-state index contributed by atoms with van der Waals surface area (Å²) in [6.45, 7) is 4.98. The summed E-state index contributed by atoms with van der Waals surface area (Å²) in [5.41, 5.74) is 8.80. The van der Waals surface area contributed by atoms with Crippen molar-refractivity contribution >= 4 is 10.9 Å². The number of aryl methyl sites for hydroxylation is 2. The van der Waals surface area contributed by atoms with Crippen LogP contribution in [0.15, 0.2) is 72.9 Å². The average molecular weight is 393 g/mol. The Balaban J connectivity index is 1.73. The van der Waals surface area contributed by atoms with Crippen LogP contribution in [0.25, 0.3) is 33.4 Å². The highest BCUT2D eigenvalue weighted by Crippen LogP contribution is 2.38. The molecule has 0 spiro atoms. The van der Waals surface area contributed by atoms with Crippen LogP contribution in [0.5, 0.6) is 5.75 Å². The summed E-state index contributed by atoms with van der Waals surface area (Å²) >= 11 is 0. The van der Waals surface area contributed by atoms with Gasteiger partial charge in [-0.1, -0.05) is 59.7 Å². The van der Waals surface area contributed by atoms with E-state index in [2.05, 4.69) is 95.5 Å². The number of aromatic nitrogens is 3. The van der Waals surface area contributed by atoms with Gasteiger partial charge in [-0.25, -0.2) is 0 Å². The van der Waals surface area contributed by atoms with Crippen molar-refractivity contribution in [2.45, 2.75) is 20.4 Å². The Morgan fingerprint density at radius 2 is 1.47 bits per heavy atom. The van der Waals surface area contributed by atoms with Crippen molar-refractivity contribution in [3.63, 3.8) is 0 Å². The Bertz CT molecular complexity index is 1300. The summed E-state index contributed by atoms with van der Waals surface area (Å²) in [7, 11) is 1.69. The third kappa shape index (κ3) is 3.20. The fraction of sp³-hybridized carbons (Fsp3) is 0.154. The summed E-state index contributed by atoms with van der Waals surface area (Å²) in [5.74, 6) is 0.816. The molecule has 30 heavy (non-hydrogen) atoms. The quantitative estimate of drug-likeness (QED) is 0.383. The van der Waals surface area contributed by atoms with Crippen LogP contribution in [-0.4, -0.2) is 21.9 Å². The molecule has 0 saturated carbocycles. The molecule has 0 amide bonds. The van der Waals surface area contributed by atoms with E-state index in [-0.39, 0.29) is 0 Å². The number of nitrogens with zero attached hydrogens (tertiary/aromatic N) is 3. The lowest BCUT2D eigenvalue weighted by molar-refractivity contribution is 0.415. The fourth-order valence-corrected chi connectivity index (χ4v) is 3.89. The van der Waals surface area contributed by atoms with Crippen molar-refractivity contribution < 1.29 is 4.74 Å². The van der Waals surface area contributed by atoms with Gasteiger partial charge < -0.3 is 9.30 Å². The third-order valence-corrected chi connectivity index (χ3v) is 5.61. The lowest BCUT2D eigenvalue weighted by atomic mass is 10.0. The molecule has 148 valence electrons. The van der Waals surface area contributed by atoms with Gasteiger partial charge in [0.1, 0.15) is 17.1 Å². The van der Waals surface area contributed by atoms with E-state index >= 15 is 0 Å². The van der Waals surface area contributed by atoms with E-state index in [0.29, 0.717) is 0 Å². The largest absolute Gasteiger partial charge is 0.497 e. The zero-order chi connectivity index (χ0) is 20.7. The van der Waals surface area contributed by atoms with Gasteiger partial charge in [0.05, 0.1) is 12.6 Å². The zero-order valence-corrected chi connectivity index (χ0v) is 17.4. The topological polar surface area (TPSA) is 39.9 Å². The number of hydrogen-bond acceptors (Lipinski definition) is 3. The highest BCUT2D eigenvalue weighted by molar-refractivity contribution is 5.98. The number of methoxy groups -OCH3 is 1. The first kappa shape index (κ1) is 18.4. The molecular formula is C26H23N3O. The molecule has 0 fully saturated rings. The maximum Gasteiger partial charge on any atom is 0.119 e. The van der Waals surface area contributed by atoms with Gasteiger partial charge in [0, 0.05) is 29.3 Å². The van der Waals surface area contributed by atoms with Gasteiger partial charge in [-0.3, -0.25) is 0 Å². The number of hydrogen-bond donors (Lipinski definition) is 0. The minimum Gasteiger partial charge on any atom is -0.497 e. The van der Waals surface area contributed by atoms with E-state index in [9.17, 15) is 0 Å². The van der Waals surface area contributed by atoms with E-state index in [1.807, 2.05) is 6.07 Å². The van der Waals surface area contributed by atoms with E-state index in [0.717, 1.165) is 45.7 Å². The van der Waals surface area contributed by atoms with Crippen LogP contribution in [0.2, 0.25) is 0 Å². The molecule has 0 unspecified atom stereocenters. The second-order valence-corrected chi connectivity index (χ2v) is 7.80. The normalized spacial score (nSPS) is 11.3. The number of benzene rings is 3. The molecule has 4 nitrogen and oxygen atoms in total. The predicted octanol–water partition coefficient (Wildman–Crippen LogP) is 5.88. The van der Waals surface area contributed by atoms with Crippen LogP contribution in [-0.2, 0) is 6.54 Å². The molecule has 2 aliphatic rings. The first-order valence-corrected chi connectivity index (χ1v) is 10.1. The fourth-order valence-electron chi connectivity index (χ4n) is 3.89. The zero-order valence-electron chi connectivity index (χ0n) is 17.4. The van der Waals surface area contributed by atoms with Crippen molar-refractivity contribution in [2.75, 3.05) is 7.11 Å². The molecule has 3 aromatic carbocycles. The smallest absolute Gasteiger partial charge is 0.119 e. The second-order valence-electron chi connectivity index (χ2n) is 7.80. The molecule has 0 N–H and O–H groups in total. The van der Waals surface area contributed by atoms with Crippen LogP contribution in [0.1, 0.15) is 16.7 Å². The van der Waals surface area contributed by atoms with E-state index in [4.69, 9.17) is 4.74 Å². The summed E-state index contributed by atoms with van der Waals surface area (Å²) in [4.78, 5) is 0. The average Bonchev–Trinajstić information content (AvgIpc) is 3.19. The number of rotatable bonds is 4. The highest BCUT2D eigenvalue weighted by atomic mass is 16.5. The van der Waals surface area contributed by atoms with Gasteiger partial charge >= 0.3 is 0 Å². The SMILES string of the molecule is COc1ccc2c(c1)c1nnc(-c3ccc(C)cc3)c-1cn2Cc1ccc(C)cc1. The Kier molecular flexibility index (Phi) is 4.47. The van der Waals surface area contributed by atoms with Crippen molar-refractivity contribution in [3.8, 4) is 28.3 Å². The molecule has 4 heteroatoms. The van der Waals surface area contributed by atoms with Crippen LogP contribution < -0.4 is 4.74 Å². The first-order chi connectivity index (χ1) is 14.6. The Morgan fingerprint density at radius 3 is 2.17 bits per heavy atom. The molecule has 2 heterocycles. The summed E-state index contributed by atoms with van der Waals surface area (Å²) in [5, 5.41) is 10.2. The molecule has 0 radical (unpaired) electrons. The highest BCUT2D eigenvalue weighted by Gasteiger charge is 2.20. The first-order valence-electron chi connectivity index (χ1n) is 10.1. The number of fused-ring (bicyclic) bond motifs is 3. The molecule has 0 aliphatic carbocycles. The van der Waals surface area contributed by atoms with Crippen LogP contribution >= 0.6 is 0 Å². The molecule has 0 saturated heterocycles. The summed E-state index contributed by atoms with van der Waals surface area (Å²) < 4.78 is 7.77. The Labute approximate surface area is 176 Å². The molecule has 0 bridgehead atoms. The molecule has 2 aliphatic heterocycles. The van der Waals surface area contributed by atoms with Crippen LogP contribution in [0.3, 0.4) is 0 Å². The molecule has 3 aromatic rings. The lowest BCUT2D eigenvalue weighted by Crippen LogP contribution is -2.04. The monoisotopic (exact) mass is 393 g/mol. The van der Waals surface area contributed by atoms with Crippen LogP contribution in [0, 0.1) is 13.8 Å². The lowest BCUT2D eigenvalue weighted by Gasteiger charge is -2.16. The molecule has 0 atom stereocenters. The van der Waals surface area contributed by atoms with Gasteiger partial charge in [0.25, 0.3) is 0 Å². The van der Waals surface area contributed by atoms with Crippen molar-refractivity contribution in [1.82, 2.24) is 14.8 Å². The number of pyridine rings is 1. The third-order valence-electron chi connectivity index (χ3n) is 5.61. The maximum absolute atomic E-state index is 5.49. The standard InChI is InChI=1S/C26H23N3O/c1-17-4-8-19(9-5-17)15-29-16-23-25(20-10-6-18(2)7-11-20)27-28-26(23)22-14-21(30-3)12-13-24(22)29/h4-14,16H,15H2,1-3H3. The van der Waals surface area contributed by atoms with Crippen LogP contribution in [0.4, 0.5) is 0 Å². The van der Waals surface area contributed by atoms with Gasteiger partial charge in [0.15, 0.2) is 0 Å². The molecule has 0 aromatic heterocycles. The summed E-state index contributed by atoms with van der Waals surface area (Å²) in [6, 6.07) is 23.3. The summed E-state index contributed by atoms with van der Waals surface area (Å²) in [6.07, 6.45) is 2.18. The number of ether oxygens (including phenoxy) is 1. The van der Waals surface area contributed by atoms with Gasteiger partial charge in [-0.15, -0.1) is 10.2 Å². The van der Waals surface area contributed by atoms with Gasteiger partial charge in [-0.2, -0.15) is 0 Å².